The molecule has 0 rings (SSSR count). The molecule has 0 atom stereocenters. The Kier molecular flexibility index (Phi) is 25.0. The first kappa shape index (κ1) is 34.8. The zero-order chi connectivity index (χ0) is 16.6. The van der Waals surface area contributed by atoms with Crippen molar-refractivity contribution < 1.29 is 39.5 Å². The molecule has 24 heavy (non-hydrogen) atoms. The first-order chi connectivity index (χ1) is 9.47. The van der Waals surface area contributed by atoms with Crippen molar-refractivity contribution in [3.63, 3.8) is 0 Å². The van der Waals surface area contributed by atoms with Crippen LogP contribution in [0.1, 0.15) is 19.8 Å². The van der Waals surface area contributed by atoms with Gasteiger partial charge in [0, 0.05) is 0 Å². The van der Waals surface area contributed by atoms with Crippen LogP contribution in [-0.2, 0) is 45.6 Å². The van der Waals surface area contributed by atoms with Gasteiger partial charge in [-0.25, -0.2) is 0 Å². The molecule has 0 aromatic carbocycles. The molecule has 16 heteroatoms. The van der Waals surface area contributed by atoms with Gasteiger partial charge in [-0.3, -0.25) is 9.11 Å². The molecule has 0 spiro atoms. The molecule has 134 valence electrons. The van der Waals surface area contributed by atoms with Gasteiger partial charge >= 0.3 is 95.4 Å². The maximum absolute atomic E-state index is 10.5. The van der Waals surface area contributed by atoms with Crippen molar-refractivity contribution >= 4 is 127 Å². The van der Waals surface area contributed by atoms with Crippen LogP contribution in [0.5, 0.6) is 0 Å². The SMILES string of the molecule is CCOP(=S)(OCCCS(=O)(=O)O)OCCCS(=O)(=O)O.[NaH].[NaH].[NaH]. The van der Waals surface area contributed by atoms with Gasteiger partial charge in [0.25, 0.3) is 20.2 Å². The van der Waals surface area contributed by atoms with Gasteiger partial charge in [0.15, 0.2) is 0 Å². The molecule has 0 aliphatic heterocycles. The van der Waals surface area contributed by atoms with Crippen LogP contribution in [0.4, 0.5) is 0 Å². The summed E-state index contributed by atoms with van der Waals surface area (Å²) in [6, 6.07) is 0. The molecular formula is C8H22Na3O9PS3. The molecule has 0 aromatic heterocycles. The number of rotatable bonds is 12. The summed E-state index contributed by atoms with van der Waals surface area (Å²) < 4.78 is 74.8. The van der Waals surface area contributed by atoms with E-state index in [4.69, 9.17) is 34.5 Å². The normalized spacial score (nSPS) is 11.8. The van der Waals surface area contributed by atoms with Crippen molar-refractivity contribution in [1.82, 2.24) is 0 Å². The zero-order valence-electron chi connectivity index (χ0n) is 11.4. The summed E-state index contributed by atoms with van der Waals surface area (Å²) in [4.78, 5) is 0. The van der Waals surface area contributed by atoms with Crippen LogP contribution >= 0.6 is 6.72 Å². The molecule has 0 radical (unpaired) electrons. The van der Waals surface area contributed by atoms with Crippen molar-refractivity contribution in [2.75, 3.05) is 31.3 Å². The van der Waals surface area contributed by atoms with E-state index in [1.807, 2.05) is 0 Å². The van der Waals surface area contributed by atoms with Gasteiger partial charge in [0.1, 0.15) is 0 Å². The van der Waals surface area contributed by atoms with Crippen molar-refractivity contribution in [2.24, 2.45) is 0 Å². The third-order valence-electron chi connectivity index (χ3n) is 1.88. The fourth-order valence-corrected chi connectivity index (χ4v) is 4.08. The van der Waals surface area contributed by atoms with Crippen LogP contribution in [-0.4, -0.2) is 146 Å². The van der Waals surface area contributed by atoms with Crippen molar-refractivity contribution in [3.05, 3.63) is 0 Å². The van der Waals surface area contributed by atoms with Crippen LogP contribution < -0.4 is 0 Å². The molecular weight excluding hydrogens is 436 g/mol. The summed E-state index contributed by atoms with van der Waals surface area (Å²) in [5.41, 5.74) is 0. The molecule has 0 bridgehead atoms. The summed E-state index contributed by atoms with van der Waals surface area (Å²) >= 11 is 5.04. The predicted octanol–water partition coefficient (Wildman–Crippen LogP) is -1.11. The Morgan fingerprint density at radius 1 is 0.833 bits per heavy atom. The van der Waals surface area contributed by atoms with Crippen molar-refractivity contribution in [1.29, 1.82) is 0 Å². The summed E-state index contributed by atoms with van der Waals surface area (Å²) in [6.07, 6.45) is 0.0252. The fraction of sp³-hybridized carbons (Fsp3) is 1.00. The van der Waals surface area contributed by atoms with E-state index in [-0.39, 0.29) is 121 Å². The van der Waals surface area contributed by atoms with E-state index < -0.39 is 38.5 Å². The Morgan fingerprint density at radius 2 is 1.17 bits per heavy atom. The molecule has 0 saturated heterocycles. The molecule has 0 saturated carbocycles. The number of hydrogen-bond acceptors (Lipinski definition) is 8. The average Bonchev–Trinajstić information content (AvgIpc) is 2.29. The molecule has 9 nitrogen and oxygen atoms in total. The third-order valence-corrected chi connectivity index (χ3v) is 6.01. The zero-order valence-corrected chi connectivity index (χ0v) is 14.7. The van der Waals surface area contributed by atoms with Crippen LogP contribution in [0.2, 0.25) is 0 Å². The fourth-order valence-electron chi connectivity index (χ4n) is 1.11. The molecule has 0 aliphatic carbocycles. The molecule has 0 unspecified atom stereocenters. The minimum atomic E-state index is -4.07. The maximum atomic E-state index is 10.5. The van der Waals surface area contributed by atoms with Crippen LogP contribution in [0, 0.1) is 0 Å². The van der Waals surface area contributed by atoms with E-state index in [0.29, 0.717) is 0 Å². The standard InChI is InChI=1S/C8H19O9PS3.3Na.3H/c1-2-15-18(19,16-5-3-7-20(9,10)11)17-6-4-8-21(12,13)14;;;;;;/h2-8H2,1H3,(H,9,10,11)(H,12,13,14);;;;;;. The molecule has 0 aliphatic rings. The Bertz CT molecular complexity index is 510. The van der Waals surface area contributed by atoms with Gasteiger partial charge in [-0.15, -0.1) is 0 Å². The third kappa shape index (κ3) is 23.4. The second kappa shape index (κ2) is 17.2. The predicted molar refractivity (Wildman–Crippen MR) is 101 cm³/mol. The minimum absolute atomic E-state index is 0. The van der Waals surface area contributed by atoms with Gasteiger partial charge in [0.05, 0.1) is 31.3 Å². The van der Waals surface area contributed by atoms with Gasteiger partial charge in [-0.05, 0) is 31.6 Å². The first-order valence-electron chi connectivity index (χ1n) is 5.91. The molecule has 0 heterocycles. The second-order valence-corrected chi connectivity index (χ2v) is 9.97. The monoisotopic (exact) mass is 458 g/mol. The van der Waals surface area contributed by atoms with E-state index >= 15 is 0 Å². The molecule has 0 fully saturated rings. The van der Waals surface area contributed by atoms with Crippen LogP contribution in [0.25, 0.3) is 0 Å². The van der Waals surface area contributed by atoms with Crippen molar-refractivity contribution in [3.8, 4) is 0 Å². The van der Waals surface area contributed by atoms with Crippen LogP contribution in [0.15, 0.2) is 0 Å². The van der Waals surface area contributed by atoms with Gasteiger partial charge in [0.2, 0.25) is 0 Å². The van der Waals surface area contributed by atoms with E-state index in [9.17, 15) is 16.8 Å². The summed E-state index contributed by atoms with van der Waals surface area (Å²) in [5, 5.41) is 0. The van der Waals surface area contributed by atoms with Gasteiger partial charge in [-0.2, -0.15) is 16.8 Å². The van der Waals surface area contributed by atoms with E-state index in [2.05, 4.69) is 0 Å². The van der Waals surface area contributed by atoms with Gasteiger partial charge < -0.3 is 13.6 Å². The summed E-state index contributed by atoms with van der Waals surface area (Å²) in [7, 11) is -8.14. The molecule has 2 N–H and O–H groups in total. The topological polar surface area (TPSA) is 136 Å². The average molecular weight is 458 g/mol. The Morgan fingerprint density at radius 3 is 1.42 bits per heavy atom. The Hall–Kier alpha value is 3.35. The summed E-state index contributed by atoms with van der Waals surface area (Å²) in [5.74, 6) is -0.950. The van der Waals surface area contributed by atoms with Crippen molar-refractivity contribution in [2.45, 2.75) is 19.8 Å². The quantitative estimate of drug-likeness (QED) is 0.160. The van der Waals surface area contributed by atoms with Gasteiger partial charge in [-0.1, -0.05) is 0 Å². The molecule has 0 aromatic rings. The summed E-state index contributed by atoms with van der Waals surface area (Å²) in [6.45, 7) is -1.42. The van der Waals surface area contributed by atoms with E-state index in [1.165, 1.54) is 0 Å². The number of hydrogen-bond donors (Lipinski definition) is 2. The first-order valence-corrected chi connectivity index (χ1v) is 11.7. The van der Waals surface area contributed by atoms with Crippen LogP contribution in [0.3, 0.4) is 0 Å². The Balaban J connectivity index is -0.000000667. The second-order valence-electron chi connectivity index (χ2n) is 3.81. The van der Waals surface area contributed by atoms with E-state index in [1.54, 1.807) is 6.92 Å². The molecule has 0 amide bonds. The van der Waals surface area contributed by atoms with E-state index in [0.717, 1.165) is 0 Å². The Labute approximate surface area is 215 Å².